The molecule has 5 fully saturated rings. The highest BCUT2D eigenvalue weighted by molar-refractivity contribution is 5.95. The van der Waals surface area contributed by atoms with E-state index in [1.165, 1.54) is 38.5 Å². The van der Waals surface area contributed by atoms with Crippen molar-refractivity contribution in [2.24, 2.45) is 23.2 Å². The largest absolute Gasteiger partial charge is 0.312 e. The lowest BCUT2D eigenvalue weighted by molar-refractivity contribution is -0.134. The maximum atomic E-state index is 12.5. The molecule has 3 amide bonds. The van der Waals surface area contributed by atoms with Crippen LogP contribution >= 0.6 is 0 Å². The van der Waals surface area contributed by atoms with Crippen molar-refractivity contribution in [3.63, 3.8) is 0 Å². The molecule has 30 heavy (non-hydrogen) atoms. The molecule has 1 aromatic carbocycles. The van der Waals surface area contributed by atoms with Gasteiger partial charge in [-0.3, -0.25) is 25.2 Å². The standard InChI is InChI=1S/C24H31N3O3/c28-21(11-16-3-5-20(6-4-16)27-7-1-2-23(27)30)25-26-22(29)15-24-12-17-8-18(13-24)10-19(9-17)14-24/h3-6,17-19H,1-2,7-15H2,(H,25,28)(H,26,29). The fourth-order valence-electron chi connectivity index (χ4n) is 6.98. The van der Waals surface area contributed by atoms with Crippen molar-refractivity contribution in [3.05, 3.63) is 29.8 Å². The average molecular weight is 410 g/mol. The molecule has 4 saturated carbocycles. The molecule has 6 heteroatoms. The third-order valence-corrected chi connectivity index (χ3v) is 7.73. The van der Waals surface area contributed by atoms with Crippen LogP contribution in [0, 0.1) is 23.2 Å². The number of nitrogens with zero attached hydrogens (tertiary/aromatic N) is 1. The number of benzene rings is 1. The van der Waals surface area contributed by atoms with Gasteiger partial charge in [-0.1, -0.05) is 12.1 Å². The fraction of sp³-hybridized carbons (Fsp3) is 0.625. The second-order valence-electron chi connectivity index (χ2n) is 10.2. The molecular weight excluding hydrogens is 378 g/mol. The van der Waals surface area contributed by atoms with Gasteiger partial charge in [0, 0.05) is 25.1 Å². The molecule has 0 spiro atoms. The summed E-state index contributed by atoms with van der Waals surface area (Å²) in [6.45, 7) is 0.758. The Morgan fingerprint density at radius 2 is 1.53 bits per heavy atom. The Morgan fingerprint density at radius 1 is 0.933 bits per heavy atom. The van der Waals surface area contributed by atoms with Crippen molar-refractivity contribution in [3.8, 4) is 0 Å². The summed E-state index contributed by atoms with van der Waals surface area (Å²) >= 11 is 0. The van der Waals surface area contributed by atoms with E-state index in [9.17, 15) is 14.4 Å². The van der Waals surface area contributed by atoms with Crippen LogP contribution in [0.15, 0.2) is 24.3 Å². The quantitative estimate of drug-likeness (QED) is 0.734. The van der Waals surface area contributed by atoms with Gasteiger partial charge in [-0.2, -0.15) is 0 Å². The van der Waals surface area contributed by atoms with E-state index in [4.69, 9.17) is 0 Å². The monoisotopic (exact) mass is 409 g/mol. The number of hydrazine groups is 1. The third-order valence-electron chi connectivity index (χ3n) is 7.73. The highest BCUT2D eigenvalue weighted by atomic mass is 16.2. The number of nitrogens with one attached hydrogen (secondary N) is 2. The Balaban J connectivity index is 1.10. The Kier molecular flexibility index (Phi) is 5.03. The van der Waals surface area contributed by atoms with E-state index in [1.54, 1.807) is 4.90 Å². The molecule has 6 nitrogen and oxygen atoms in total. The molecule has 0 atom stereocenters. The SMILES string of the molecule is O=C(Cc1ccc(N2CCCC2=O)cc1)NNC(=O)CC12CC3CC(CC(C3)C1)C2. The first-order chi connectivity index (χ1) is 14.5. The highest BCUT2D eigenvalue weighted by Crippen LogP contribution is 2.61. The summed E-state index contributed by atoms with van der Waals surface area (Å²) < 4.78 is 0. The van der Waals surface area contributed by atoms with Gasteiger partial charge in [-0.15, -0.1) is 0 Å². The van der Waals surface area contributed by atoms with E-state index in [2.05, 4.69) is 10.9 Å². The Morgan fingerprint density at radius 3 is 2.10 bits per heavy atom. The lowest BCUT2D eigenvalue weighted by Crippen LogP contribution is -2.50. The molecule has 0 unspecified atom stereocenters. The number of rotatable bonds is 5. The molecule has 1 heterocycles. The summed E-state index contributed by atoms with van der Waals surface area (Å²) in [5.74, 6) is 2.32. The van der Waals surface area contributed by atoms with Crippen LogP contribution < -0.4 is 15.8 Å². The molecule has 4 aliphatic carbocycles. The van der Waals surface area contributed by atoms with E-state index < -0.39 is 0 Å². The summed E-state index contributed by atoms with van der Waals surface area (Å²) in [5.41, 5.74) is 7.15. The maximum Gasteiger partial charge on any atom is 0.242 e. The second kappa shape index (κ2) is 7.71. The molecule has 1 aromatic rings. The number of hydrogen-bond donors (Lipinski definition) is 2. The molecule has 1 aliphatic heterocycles. The van der Waals surface area contributed by atoms with Gasteiger partial charge in [-0.25, -0.2) is 0 Å². The third kappa shape index (κ3) is 3.96. The van der Waals surface area contributed by atoms with Gasteiger partial charge in [0.2, 0.25) is 17.7 Å². The number of anilines is 1. The van der Waals surface area contributed by atoms with Crippen molar-refractivity contribution >= 4 is 23.4 Å². The summed E-state index contributed by atoms with van der Waals surface area (Å²) in [4.78, 5) is 38.5. The fourth-order valence-corrected chi connectivity index (χ4v) is 6.98. The van der Waals surface area contributed by atoms with Gasteiger partial charge in [0.25, 0.3) is 0 Å². The van der Waals surface area contributed by atoms with Gasteiger partial charge in [0.1, 0.15) is 0 Å². The van der Waals surface area contributed by atoms with Crippen LogP contribution in [0.4, 0.5) is 5.69 Å². The maximum absolute atomic E-state index is 12.5. The Hall–Kier alpha value is -2.37. The van der Waals surface area contributed by atoms with Crippen molar-refractivity contribution in [1.82, 2.24) is 10.9 Å². The first kappa shape index (κ1) is 19.6. The van der Waals surface area contributed by atoms with E-state index in [0.29, 0.717) is 12.8 Å². The molecule has 0 radical (unpaired) electrons. The van der Waals surface area contributed by atoms with Crippen molar-refractivity contribution in [1.29, 1.82) is 0 Å². The zero-order chi connectivity index (χ0) is 20.7. The van der Waals surface area contributed by atoms with Crippen LogP contribution in [-0.2, 0) is 20.8 Å². The summed E-state index contributed by atoms with van der Waals surface area (Å²) in [6.07, 6.45) is 9.89. The van der Waals surface area contributed by atoms with Crippen molar-refractivity contribution < 1.29 is 14.4 Å². The molecular formula is C24H31N3O3. The predicted molar refractivity (Wildman–Crippen MR) is 113 cm³/mol. The van der Waals surface area contributed by atoms with Crippen LogP contribution in [0.25, 0.3) is 0 Å². The molecule has 0 aromatic heterocycles. The smallest absolute Gasteiger partial charge is 0.242 e. The molecule has 4 bridgehead atoms. The molecule has 6 rings (SSSR count). The van der Waals surface area contributed by atoms with Gasteiger partial charge in [0.15, 0.2) is 0 Å². The first-order valence-electron chi connectivity index (χ1n) is 11.4. The number of carbonyl (C=O) groups excluding carboxylic acids is 3. The van der Waals surface area contributed by atoms with E-state index in [-0.39, 0.29) is 29.6 Å². The Bertz CT molecular complexity index is 812. The lowest BCUT2D eigenvalue weighted by atomic mass is 9.49. The minimum Gasteiger partial charge on any atom is -0.312 e. The zero-order valence-electron chi connectivity index (χ0n) is 17.5. The van der Waals surface area contributed by atoms with Crippen LogP contribution in [0.2, 0.25) is 0 Å². The minimum atomic E-state index is -0.223. The average Bonchev–Trinajstić information content (AvgIpc) is 3.11. The van der Waals surface area contributed by atoms with E-state index in [0.717, 1.165) is 42.0 Å². The van der Waals surface area contributed by atoms with Crippen LogP contribution in [0.3, 0.4) is 0 Å². The zero-order valence-corrected chi connectivity index (χ0v) is 17.5. The summed E-state index contributed by atoms with van der Waals surface area (Å²) in [5, 5.41) is 0. The molecule has 5 aliphatic rings. The summed E-state index contributed by atoms with van der Waals surface area (Å²) in [7, 11) is 0. The number of carbonyl (C=O) groups is 3. The van der Waals surface area contributed by atoms with Crippen LogP contribution in [0.1, 0.15) is 63.4 Å². The number of amides is 3. The minimum absolute atomic E-state index is 0.0619. The van der Waals surface area contributed by atoms with Crippen LogP contribution in [0.5, 0.6) is 0 Å². The van der Waals surface area contributed by atoms with Gasteiger partial charge < -0.3 is 4.90 Å². The molecule has 160 valence electrons. The van der Waals surface area contributed by atoms with Gasteiger partial charge in [-0.05, 0) is 85.8 Å². The summed E-state index contributed by atoms with van der Waals surface area (Å²) in [6, 6.07) is 7.52. The topological polar surface area (TPSA) is 78.5 Å². The Labute approximate surface area is 177 Å². The molecule has 2 N–H and O–H groups in total. The lowest BCUT2D eigenvalue weighted by Gasteiger charge is -2.56. The normalized spacial score (nSPS) is 31.8. The van der Waals surface area contributed by atoms with Crippen LogP contribution in [-0.4, -0.2) is 24.3 Å². The number of hydrogen-bond acceptors (Lipinski definition) is 3. The second-order valence-corrected chi connectivity index (χ2v) is 10.2. The van der Waals surface area contributed by atoms with E-state index >= 15 is 0 Å². The van der Waals surface area contributed by atoms with Gasteiger partial charge in [0.05, 0.1) is 6.42 Å². The first-order valence-corrected chi connectivity index (χ1v) is 11.4. The highest BCUT2D eigenvalue weighted by Gasteiger charge is 2.51. The molecule has 1 saturated heterocycles. The van der Waals surface area contributed by atoms with E-state index in [1.807, 2.05) is 24.3 Å². The van der Waals surface area contributed by atoms with Crippen molar-refractivity contribution in [2.45, 2.75) is 64.2 Å². The van der Waals surface area contributed by atoms with Crippen molar-refractivity contribution in [2.75, 3.05) is 11.4 Å². The predicted octanol–water partition coefficient (Wildman–Crippen LogP) is 3.11. The van der Waals surface area contributed by atoms with Gasteiger partial charge >= 0.3 is 0 Å².